The van der Waals surface area contributed by atoms with Gasteiger partial charge in [-0.05, 0) is 70.0 Å². The van der Waals surface area contributed by atoms with Gasteiger partial charge in [0.1, 0.15) is 5.82 Å². The Morgan fingerprint density at radius 1 is 1.12 bits per heavy atom. The monoisotopic (exact) mass is 716 g/mol. The van der Waals surface area contributed by atoms with Crippen molar-refractivity contribution in [3.05, 3.63) is 52.2 Å². The second-order valence-corrected chi connectivity index (χ2v) is 16.2. The molecule has 0 spiro atoms. The number of likely N-dealkylation sites (tertiary alicyclic amines) is 1. The van der Waals surface area contributed by atoms with E-state index in [0.717, 1.165) is 69.0 Å². The third kappa shape index (κ3) is 16.7. The molecule has 3 atom stereocenters. The second-order valence-electron chi connectivity index (χ2n) is 15.2. The lowest BCUT2D eigenvalue weighted by atomic mass is 9.95. The SMILES string of the molecule is CC(C)(C)c1ncc(-c2ccc(CNCCCN=C(N)N)cc2)c(=O)[nH]1.CSCCNC[C@@H]1C[C@@H](NC(=O)NC(C)(C)C)CN1C[C@@H](C)CN. The van der Waals surface area contributed by atoms with E-state index in [4.69, 9.17) is 17.2 Å². The van der Waals surface area contributed by atoms with Gasteiger partial charge in [0, 0.05) is 74.3 Å². The molecule has 50 heavy (non-hydrogen) atoms. The molecule has 1 aromatic heterocycles. The number of carbonyl (C=O) groups is 1. The van der Waals surface area contributed by atoms with Crippen LogP contribution in [0.4, 0.5) is 4.79 Å². The summed E-state index contributed by atoms with van der Waals surface area (Å²) < 4.78 is 0. The molecular weight excluding hydrogens is 651 g/mol. The summed E-state index contributed by atoms with van der Waals surface area (Å²) in [6, 6.07) is 8.49. The van der Waals surface area contributed by atoms with Gasteiger partial charge in [-0.15, -0.1) is 0 Å². The largest absolute Gasteiger partial charge is 0.370 e. The third-order valence-electron chi connectivity index (χ3n) is 8.07. The molecule has 0 unspecified atom stereocenters. The number of benzene rings is 1. The summed E-state index contributed by atoms with van der Waals surface area (Å²) in [7, 11) is 0. The molecule has 1 fully saturated rings. The number of aromatic nitrogens is 2. The lowest BCUT2D eigenvalue weighted by molar-refractivity contribution is 0.214. The minimum Gasteiger partial charge on any atom is -0.370 e. The Balaban J connectivity index is 0.000000348. The molecule has 0 saturated carbocycles. The van der Waals surface area contributed by atoms with Crippen LogP contribution in [0.25, 0.3) is 11.1 Å². The molecular formula is C36H65N11O2S. The number of aliphatic imine (C=N–C) groups is 1. The van der Waals surface area contributed by atoms with E-state index in [2.05, 4.69) is 54.3 Å². The molecule has 0 aliphatic carbocycles. The zero-order chi connectivity index (χ0) is 37.3. The van der Waals surface area contributed by atoms with E-state index in [1.807, 2.05) is 77.6 Å². The number of H-pyrrole nitrogens is 1. The topological polar surface area (TPSA) is 205 Å². The highest BCUT2D eigenvalue weighted by Crippen LogP contribution is 2.21. The molecule has 1 aliphatic rings. The summed E-state index contributed by atoms with van der Waals surface area (Å²) in [5, 5.41) is 13.0. The van der Waals surface area contributed by atoms with Gasteiger partial charge in [0.25, 0.3) is 5.56 Å². The summed E-state index contributed by atoms with van der Waals surface area (Å²) in [5.74, 6) is 2.41. The number of guanidine groups is 1. The number of carbonyl (C=O) groups excluding carboxylic acids is 1. The molecule has 11 N–H and O–H groups in total. The molecule has 13 nitrogen and oxygen atoms in total. The van der Waals surface area contributed by atoms with Crippen LogP contribution in [0.5, 0.6) is 0 Å². The first-order valence-electron chi connectivity index (χ1n) is 17.7. The van der Waals surface area contributed by atoms with E-state index < -0.39 is 0 Å². The van der Waals surface area contributed by atoms with Crippen LogP contribution < -0.4 is 44.0 Å². The number of nitrogens with two attached hydrogens (primary N) is 3. The predicted octanol–water partition coefficient (Wildman–Crippen LogP) is 2.56. The molecule has 2 heterocycles. The van der Waals surface area contributed by atoms with Crippen molar-refractivity contribution < 1.29 is 4.79 Å². The van der Waals surface area contributed by atoms with Crippen LogP contribution in [-0.2, 0) is 12.0 Å². The van der Waals surface area contributed by atoms with E-state index in [0.29, 0.717) is 36.4 Å². The van der Waals surface area contributed by atoms with Gasteiger partial charge in [-0.2, -0.15) is 11.8 Å². The molecule has 0 radical (unpaired) electrons. The van der Waals surface area contributed by atoms with E-state index in [-0.39, 0.29) is 34.5 Å². The van der Waals surface area contributed by atoms with Crippen molar-refractivity contribution in [3.8, 4) is 11.1 Å². The molecule has 282 valence electrons. The Kier molecular flexibility index (Phi) is 18.3. The van der Waals surface area contributed by atoms with Gasteiger partial charge in [-0.1, -0.05) is 52.0 Å². The maximum absolute atomic E-state index is 12.4. The molecule has 0 bridgehead atoms. The van der Waals surface area contributed by atoms with Crippen molar-refractivity contribution in [2.75, 3.05) is 57.8 Å². The highest BCUT2D eigenvalue weighted by Gasteiger charge is 2.33. The Morgan fingerprint density at radius 3 is 2.40 bits per heavy atom. The van der Waals surface area contributed by atoms with Crippen LogP contribution in [0.2, 0.25) is 0 Å². The van der Waals surface area contributed by atoms with E-state index >= 15 is 0 Å². The van der Waals surface area contributed by atoms with Crippen molar-refractivity contribution >= 4 is 23.8 Å². The standard InChI is InChI=1S/C19H28N6O.C17H37N5OS/c1-19(2,3)17-24-12-15(16(26)25-17)14-7-5-13(6-8-14)11-22-9-4-10-23-18(20)21;1-13(9-18)11-22-12-14(20-16(23)21-17(2,3)4)8-15(22)10-19-6-7-24-5/h5-8,12,22H,4,9-11H2,1-3H3,(H4,20,21,23)(H,24,25,26);13-15,19H,6-12,18H2,1-5H3,(H2,20,21,23)/t;13-,14+,15-/m.0/s1. The first-order chi connectivity index (χ1) is 23.5. The fraction of sp³-hybridized carbons (Fsp3) is 0.667. The quantitative estimate of drug-likeness (QED) is 0.0725. The van der Waals surface area contributed by atoms with Gasteiger partial charge >= 0.3 is 6.03 Å². The molecule has 2 amide bonds. The number of nitrogens with one attached hydrogen (secondary N) is 5. The number of rotatable bonds is 16. The minimum absolute atomic E-state index is 0.0738. The van der Waals surface area contributed by atoms with E-state index in [9.17, 15) is 9.59 Å². The average molecular weight is 716 g/mol. The van der Waals surface area contributed by atoms with Gasteiger partial charge < -0.3 is 43.5 Å². The smallest absolute Gasteiger partial charge is 0.315 e. The van der Waals surface area contributed by atoms with Crippen molar-refractivity contribution in [2.24, 2.45) is 28.1 Å². The van der Waals surface area contributed by atoms with Crippen molar-refractivity contribution in [1.29, 1.82) is 0 Å². The highest BCUT2D eigenvalue weighted by molar-refractivity contribution is 7.98. The van der Waals surface area contributed by atoms with Crippen molar-refractivity contribution in [1.82, 2.24) is 36.1 Å². The van der Waals surface area contributed by atoms with Crippen LogP contribution in [-0.4, -0.2) is 102 Å². The molecule has 2 aromatic rings. The predicted molar refractivity (Wildman–Crippen MR) is 211 cm³/mol. The number of hydrogen-bond acceptors (Lipinski definition) is 9. The number of thioether (sulfide) groups is 1. The van der Waals surface area contributed by atoms with Crippen LogP contribution in [0, 0.1) is 5.92 Å². The Hall–Kier alpha value is -3.17. The summed E-state index contributed by atoms with van der Waals surface area (Å²) in [6.07, 6.45) is 5.63. The zero-order valence-electron chi connectivity index (χ0n) is 31.7. The Labute approximate surface area is 304 Å². The van der Waals surface area contributed by atoms with Gasteiger partial charge in [0.05, 0.1) is 5.56 Å². The maximum Gasteiger partial charge on any atom is 0.315 e. The lowest BCUT2D eigenvalue weighted by Gasteiger charge is -2.27. The summed E-state index contributed by atoms with van der Waals surface area (Å²) in [5.41, 5.74) is 18.4. The fourth-order valence-corrected chi connectivity index (χ4v) is 5.78. The number of hydrogen-bond donors (Lipinski definition) is 8. The van der Waals surface area contributed by atoms with Crippen LogP contribution in [0.15, 0.2) is 40.2 Å². The minimum atomic E-state index is -0.213. The van der Waals surface area contributed by atoms with Crippen LogP contribution >= 0.6 is 11.8 Å². The average Bonchev–Trinajstić information content (AvgIpc) is 3.40. The second kappa shape index (κ2) is 21.3. The lowest BCUT2D eigenvalue weighted by Crippen LogP contribution is -2.50. The molecule has 1 aromatic carbocycles. The highest BCUT2D eigenvalue weighted by atomic mass is 32.2. The molecule has 1 aliphatic heterocycles. The summed E-state index contributed by atoms with van der Waals surface area (Å²) in [4.78, 5) is 38.2. The number of amides is 2. The van der Waals surface area contributed by atoms with Crippen LogP contribution in [0.3, 0.4) is 0 Å². The number of nitrogens with zero attached hydrogens (tertiary/aromatic N) is 3. The third-order valence-corrected chi connectivity index (χ3v) is 8.69. The first-order valence-corrected chi connectivity index (χ1v) is 19.1. The summed E-state index contributed by atoms with van der Waals surface area (Å²) in [6.45, 7) is 21.0. The maximum atomic E-state index is 12.4. The molecule has 3 rings (SSSR count). The number of urea groups is 1. The van der Waals surface area contributed by atoms with Gasteiger partial charge in [0.15, 0.2) is 5.96 Å². The van der Waals surface area contributed by atoms with Crippen molar-refractivity contribution in [3.63, 3.8) is 0 Å². The van der Waals surface area contributed by atoms with Crippen molar-refractivity contribution in [2.45, 2.75) is 90.9 Å². The van der Waals surface area contributed by atoms with E-state index in [1.54, 1.807) is 6.20 Å². The zero-order valence-corrected chi connectivity index (χ0v) is 32.5. The first kappa shape index (κ1) is 43.0. The van der Waals surface area contributed by atoms with Gasteiger partial charge in [-0.25, -0.2) is 9.78 Å². The normalized spacial score (nSPS) is 17.1. The van der Waals surface area contributed by atoms with Crippen LogP contribution in [0.1, 0.15) is 72.7 Å². The molecule has 1 saturated heterocycles. The van der Waals surface area contributed by atoms with E-state index in [1.165, 1.54) is 0 Å². The van der Waals surface area contributed by atoms with Gasteiger partial charge in [0.2, 0.25) is 0 Å². The van der Waals surface area contributed by atoms with Gasteiger partial charge in [-0.3, -0.25) is 14.7 Å². The fourth-order valence-electron chi connectivity index (χ4n) is 5.43. The summed E-state index contributed by atoms with van der Waals surface area (Å²) >= 11 is 1.86. The molecule has 14 heteroatoms. The number of aromatic amines is 1. The Morgan fingerprint density at radius 2 is 1.82 bits per heavy atom. The Bertz CT molecular complexity index is 1370.